The van der Waals surface area contributed by atoms with E-state index >= 15 is 0 Å². The van der Waals surface area contributed by atoms with Crippen LogP contribution < -0.4 is 0 Å². The van der Waals surface area contributed by atoms with Crippen LogP contribution in [0.5, 0.6) is 0 Å². The van der Waals surface area contributed by atoms with Gasteiger partial charge in [0, 0.05) is 0 Å². The molecule has 0 fully saturated rings. The molecule has 0 atom stereocenters. The SMILES string of the molecule is CC.CC.CC.CC.CC.CC(=O)C=C(C)C. The fraction of sp³-hybridized carbons (Fsp3) is 0.812. The van der Waals surface area contributed by atoms with Gasteiger partial charge in [-0.05, 0) is 26.8 Å². The van der Waals surface area contributed by atoms with E-state index in [-0.39, 0.29) is 5.78 Å². The third kappa shape index (κ3) is 238. The Bertz CT molecular complexity index is 98.1. The summed E-state index contributed by atoms with van der Waals surface area (Å²) in [5.41, 5.74) is 1.06. The van der Waals surface area contributed by atoms with Gasteiger partial charge in [-0.3, -0.25) is 4.79 Å². The fourth-order valence-electron chi connectivity index (χ4n) is 0.407. The van der Waals surface area contributed by atoms with Crippen LogP contribution in [0, 0.1) is 0 Å². The average molecular weight is 248 g/mol. The fourth-order valence-corrected chi connectivity index (χ4v) is 0.407. The van der Waals surface area contributed by atoms with Gasteiger partial charge in [-0.2, -0.15) is 0 Å². The molecule has 110 valence electrons. The second-order valence-electron chi connectivity index (χ2n) is 1.83. The third-order valence-electron chi connectivity index (χ3n) is 0.492. The number of hydrogen-bond acceptors (Lipinski definition) is 1. The molecule has 0 aromatic rings. The molecular formula is C16H40O. The molecule has 0 aromatic carbocycles. The highest BCUT2D eigenvalue weighted by atomic mass is 16.1. The van der Waals surface area contributed by atoms with Crippen LogP contribution in [0.25, 0.3) is 0 Å². The van der Waals surface area contributed by atoms with Crippen molar-refractivity contribution >= 4 is 5.78 Å². The van der Waals surface area contributed by atoms with E-state index in [2.05, 4.69) is 0 Å². The van der Waals surface area contributed by atoms with Crippen LogP contribution in [0.15, 0.2) is 11.6 Å². The summed E-state index contributed by atoms with van der Waals surface area (Å²) >= 11 is 0. The molecule has 0 heterocycles. The maximum Gasteiger partial charge on any atom is 0.152 e. The molecule has 0 unspecified atom stereocenters. The van der Waals surface area contributed by atoms with Crippen molar-refractivity contribution in [1.82, 2.24) is 0 Å². The van der Waals surface area contributed by atoms with Crippen molar-refractivity contribution in [3.05, 3.63) is 11.6 Å². The van der Waals surface area contributed by atoms with Crippen LogP contribution >= 0.6 is 0 Å². The lowest BCUT2D eigenvalue weighted by Gasteiger charge is -1.80. The van der Waals surface area contributed by atoms with Crippen molar-refractivity contribution in [2.75, 3.05) is 0 Å². The van der Waals surface area contributed by atoms with Gasteiger partial charge in [0.25, 0.3) is 0 Å². The molecule has 0 rings (SSSR count). The molecule has 0 N–H and O–H groups in total. The summed E-state index contributed by atoms with van der Waals surface area (Å²) in [5, 5.41) is 0. The van der Waals surface area contributed by atoms with Gasteiger partial charge in [0.15, 0.2) is 5.78 Å². The molecule has 0 saturated heterocycles. The maximum absolute atomic E-state index is 10.2. The lowest BCUT2D eigenvalue weighted by atomic mass is 10.3. The minimum atomic E-state index is 0.125. The molecule has 1 heteroatoms. The van der Waals surface area contributed by atoms with Gasteiger partial charge >= 0.3 is 0 Å². The van der Waals surface area contributed by atoms with Gasteiger partial charge in [0.2, 0.25) is 0 Å². The second-order valence-corrected chi connectivity index (χ2v) is 1.83. The Morgan fingerprint density at radius 3 is 0.765 bits per heavy atom. The Balaban J connectivity index is -0.0000000257. The first-order valence-electron chi connectivity index (χ1n) is 7.28. The van der Waals surface area contributed by atoms with Crippen molar-refractivity contribution < 1.29 is 4.79 Å². The normalized spacial score (nSPS) is 5.00. The van der Waals surface area contributed by atoms with Gasteiger partial charge in [-0.1, -0.05) is 74.8 Å². The Kier molecular flexibility index (Phi) is 165. The molecule has 0 aliphatic carbocycles. The number of hydrogen-bond donors (Lipinski definition) is 0. The van der Waals surface area contributed by atoms with Crippen molar-refractivity contribution in [1.29, 1.82) is 0 Å². The van der Waals surface area contributed by atoms with Gasteiger partial charge in [0.1, 0.15) is 0 Å². The highest BCUT2D eigenvalue weighted by molar-refractivity contribution is 5.87. The standard InChI is InChI=1S/C6H10O.5C2H6/c1-5(2)4-6(3)7;5*1-2/h4H,1-3H3;5*1-2H3. The van der Waals surface area contributed by atoms with Crippen molar-refractivity contribution in [3.8, 4) is 0 Å². The molecular weight excluding hydrogens is 208 g/mol. The van der Waals surface area contributed by atoms with E-state index in [0.717, 1.165) is 5.57 Å². The Labute approximate surface area is 113 Å². The summed E-state index contributed by atoms with van der Waals surface area (Å²) in [7, 11) is 0. The van der Waals surface area contributed by atoms with E-state index in [1.807, 2.05) is 83.1 Å². The molecule has 0 amide bonds. The number of ketones is 1. The van der Waals surface area contributed by atoms with Crippen LogP contribution in [0.4, 0.5) is 0 Å². The van der Waals surface area contributed by atoms with E-state index in [1.54, 1.807) is 13.0 Å². The van der Waals surface area contributed by atoms with Gasteiger partial charge in [0.05, 0.1) is 0 Å². The number of allylic oxidation sites excluding steroid dienone is 2. The van der Waals surface area contributed by atoms with Gasteiger partial charge < -0.3 is 0 Å². The molecule has 0 aliphatic rings. The highest BCUT2D eigenvalue weighted by Gasteiger charge is 1.80. The summed E-state index contributed by atoms with van der Waals surface area (Å²) in [4.78, 5) is 10.2. The quantitative estimate of drug-likeness (QED) is 0.473. The molecule has 0 spiro atoms. The minimum absolute atomic E-state index is 0.125. The Morgan fingerprint density at radius 1 is 0.588 bits per heavy atom. The Hall–Kier alpha value is -0.590. The molecule has 0 aromatic heterocycles. The summed E-state index contributed by atoms with van der Waals surface area (Å²) in [6, 6.07) is 0. The molecule has 1 nitrogen and oxygen atoms in total. The smallest absolute Gasteiger partial charge is 0.152 e. The number of carbonyl (C=O) groups excluding carboxylic acids is 1. The summed E-state index contributed by atoms with van der Waals surface area (Å²) in [6.45, 7) is 25.4. The zero-order chi connectivity index (χ0) is 15.9. The summed E-state index contributed by atoms with van der Waals surface area (Å²) in [6.07, 6.45) is 1.61. The van der Waals surface area contributed by atoms with Gasteiger partial charge in [-0.25, -0.2) is 0 Å². The van der Waals surface area contributed by atoms with E-state index in [9.17, 15) is 4.79 Å². The van der Waals surface area contributed by atoms with Crippen molar-refractivity contribution in [2.45, 2.75) is 90.0 Å². The maximum atomic E-state index is 10.2. The molecule has 0 bridgehead atoms. The monoisotopic (exact) mass is 248 g/mol. The molecule has 0 saturated carbocycles. The van der Waals surface area contributed by atoms with Crippen LogP contribution in [-0.4, -0.2) is 5.78 Å². The highest BCUT2D eigenvalue weighted by Crippen LogP contribution is 1.86. The largest absolute Gasteiger partial charge is 0.295 e. The van der Waals surface area contributed by atoms with E-state index in [0.29, 0.717) is 0 Å². The van der Waals surface area contributed by atoms with Gasteiger partial charge in [-0.15, -0.1) is 0 Å². The second kappa shape index (κ2) is 77.9. The van der Waals surface area contributed by atoms with Crippen LogP contribution in [0.3, 0.4) is 0 Å². The van der Waals surface area contributed by atoms with Crippen LogP contribution in [0.2, 0.25) is 0 Å². The summed E-state index contributed by atoms with van der Waals surface area (Å²) < 4.78 is 0. The molecule has 17 heavy (non-hydrogen) atoms. The number of carbonyl (C=O) groups is 1. The number of rotatable bonds is 1. The van der Waals surface area contributed by atoms with E-state index in [1.165, 1.54) is 0 Å². The predicted octanol–water partition coefficient (Wildman–Crippen LogP) is 6.67. The first-order chi connectivity index (χ1) is 8.13. The van der Waals surface area contributed by atoms with Crippen LogP contribution in [0.1, 0.15) is 90.0 Å². The van der Waals surface area contributed by atoms with E-state index in [4.69, 9.17) is 0 Å². The zero-order valence-electron chi connectivity index (χ0n) is 15.0. The lowest BCUT2D eigenvalue weighted by Crippen LogP contribution is -1.80. The third-order valence-corrected chi connectivity index (χ3v) is 0.492. The average Bonchev–Trinajstić information content (AvgIpc) is 2.40. The molecule has 0 aliphatic heterocycles. The van der Waals surface area contributed by atoms with Crippen molar-refractivity contribution in [2.24, 2.45) is 0 Å². The van der Waals surface area contributed by atoms with E-state index < -0.39 is 0 Å². The first kappa shape index (κ1) is 36.0. The van der Waals surface area contributed by atoms with Crippen molar-refractivity contribution in [3.63, 3.8) is 0 Å². The van der Waals surface area contributed by atoms with Crippen LogP contribution in [-0.2, 0) is 4.79 Å². The first-order valence-corrected chi connectivity index (χ1v) is 7.28. The predicted molar refractivity (Wildman–Crippen MR) is 86.9 cm³/mol. The summed E-state index contributed by atoms with van der Waals surface area (Å²) in [5.74, 6) is 0.125. The lowest BCUT2D eigenvalue weighted by molar-refractivity contribution is -0.112. The Morgan fingerprint density at radius 2 is 0.765 bits per heavy atom. The topological polar surface area (TPSA) is 17.1 Å². The molecule has 0 radical (unpaired) electrons. The minimum Gasteiger partial charge on any atom is -0.295 e. The zero-order valence-corrected chi connectivity index (χ0v) is 15.0.